The van der Waals surface area contributed by atoms with E-state index in [1.807, 2.05) is 6.92 Å². The summed E-state index contributed by atoms with van der Waals surface area (Å²) in [5.41, 5.74) is 11.1. The third kappa shape index (κ3) is 13.1. The number of rotatable bonds is 3. The van der Waals surface area contributed by atoms with Crippen molar-refractivity contribution in [2.45, 2.75) is 32.7 Å². The van der Waals surface area contributed by atoms with Crippen LogP contribution in [0, 0.1) is 5.92 Å². The van der Waals surface area contributed by atoms with Gasteiger partial charge in [-0.2, -0.15) is 0 Å². The van der Waals surface area contributed by atoms with E-state index in [0.29, 0.717) is 12.5 Å². The van der Waals surface area contributed by atoms with E-state index in [0.717, 1.165) is 6.42 Å². The second-order valence-corrected chi connectivity index (χ2v) is 3.97. The Labute approximate surface area is 83.8 Å². The van der Waals surface area contributed by atoms with Gasteiger partial charge in [-0.25, -0.2) is 0 Å². The Hall–Kier alpha value is 0.528. The first-order valence-corrected chi connectivity index (χ1v) is 5.78. The fraction of sp³-hybridized carbons (Fsp3) is 1.00. The van der Waals surface area contributed by atoms with Crippen LogP contribution in [0.25, 0.3) is 0 Å². The molecule has 0 aliphatic carbocycles. The average Bonchev–Trinajstić information content (AvgIpc) is 1.87. The molecule has 0 saturated carbocycles. The molecular weight excluding hydrogens is 339 g/mol. The van der Waals surface area contributed by atoms with E-state index in [4.69, 9.17) is 19.0 Å². The Morgan fingerprint density at radius 3 is 1.83 bits per heavy atom. The van der Waals surface area contributed by atoms with Gasteiger partial charge in [0.05, 0.1) is 0 Å². The molecule has 0 saturated heterocycles. The third-order valence-electron chi connectivity index (χ3n) is 1.34. The first kappa shape index (κ1) is 15.0. The Morgan fingerprint density at radius 1 is 1.42 bits per heavy atom. The van der Waals surface area contributed by atoms with Crippen molar-refractivity contribution in [3.8, 4) is 0 Å². The fourth-order valence-electron chi connectivity index (χ4n) is 1.02. The maximum atomic E-state index is 7.24. The van der Waals surface area contributed by atoms with Crippen molar-refractivity contribution in [2.24, 2.45) is 17.4 Å². The van der Waals surface area contributed by atoms with Crippen molar-refractivity contribution in [2.75, 3.05) is 6.54 Å². The third-order valence-corrected chi connectivity index (χ3v) is 1.34. The second-order valence-electron chi connectivity index (χ2n) is 3.52. The Morgan fingerprint density at radius 2 is 1.75 bits per heavy atom. The summed E-state index contributed by atoms with van der Waals surface area (Å²) in [5.74, 6) is 0.642. The monoisotopic (exact) mass is 359 g/mol. The molecule has 0 spiro atoms. The van der Waals surface area contributed by atoms with Crippen molar-refractivity contribution >= 4 is 0 Å². The number of hydrogen-bond donors (Lipinski definition) is 4. The molecule has 1 atom stereocenters. The van der Waals surface area contributed by atoms with Crippen LogP contribution in [0.5, 0.6) is 0 Å². The number of hydrogen-bond acceptors (Lipinski definition) is 4. The normalized spacial score (nSPS) is 15.3. The maximum absolute atomic E-state index is 7.24. The second kappa shape index (κ2) is 8.14. The van der Waals surface area contributed by atoms with Crippen LogP contribution in [-0.4, -0.2) is 19.6 Å². The molecule has 4 nitrogen and oxygen atoms in total. The molecule has 5 heteroatoms. The van der Waals surface area contributed by atoms with Crippen molar-refractivity contribution in [3.05, 3.63) is 0 Å². The molecule has 0 radical (unpaired) electrons. The van der Waals surface area contributed by atoms with Crippen LogP contribution in [0.15, 0.2) is 0 Å². The topological polar surface area (TPSA) is 92.5 Å². The molecule has 1 unspecified atom stereocenters. The van der Waals surface area contributed by atoms with Gasteiger partial charge in [-0.1, -0.05) is 13.8 Å². The Balaban J connectivity index is 0. The van der Waals surface area contributed by atoms with Gasteiger partial charge in [-0.05, 0) is 19.3 Å². The van der Waals surface area contributed by atoms with E-state index in [9.17, 15) is 0 Å². The molecule has 0 rings (SSSR count). The molecule has 0 heterocycles. The van der Waals surface area contributed by atoms with Crippen LogP contribution in [0.1, 0.15) is 27.2 Å². The van der Waals surface area contributed by atoms with Gasteiger partial charge in [0.25, 0.3) is 0 Å². The van der Waals surface area contributed by atoms with Crippen molar-refractivity contribution < 1.29 is 26.8 Å². The van der Waals surface area contributed by atoms with Gasteiger partial charge in [0.15, 0.2) is 0 Å². The van der Waals surface area contributed by atoms with Gasteiger partial charge in [0, 0.05) is 12.1 Å². The molecule has 80 valence electrons. The van der Waals surface area contributed by atoms with E-state index in [1.54, 1.807) is 0 Å². The standard InChI is InChI=1S/C7H18N2.2H2O.Pt/c1-6(2)4-7(3,9)5-8;;;/h6H,4-5,8-9H2,1-3H3;2*1H2;/q;;;+2/p-2. The van der Waals surface area contributed by atoms with Crippen LogP contribution in [0.2, 0.25) is 0 Å². The zero-order chi connectivity index (χ0) is 10.2. The van der Waals surface area contributed by atoms with E-state index >= 15 is 0 Å². The summed E-state index contributed by atoms with van der Waals surface area (Å²) in [6.45, 7) is 6.87. The minimum atomic E-state index is -1.42. The van der Waals surface area contributed by atoms with Crippen LogP contribution in [0.3, 0.4) is 0 Å². The van der Waals surface area contributed by atoms with Gasteiger partial charge >= 0.3 is 26.8 Å². The van der Waals surface area contributed by atoms with E-state index in [1.165, 1.54) is 0 Å². The van der Waals surface area contributed by atoms with Gasteiger partial charge in [-0.3, -0.25) is 0 Å². The average molecular weight is 359 g/mol. The summed E-state index contributed by atoms with van der Waals surface area (Å²) in [5, 5.41) is 0. The van der Waals surface area contributed by atoms with E-state index in [-0.39, 0.29) is 5.54 Å². The van der Waals surface area contributed by atoms with Crippen molar-refractivity contribution in [3.63, 3.8) is 0 Å². The van der Waals surface area contributed by atoms with Crippen LogP contribution in [0.4, 0.5) is 0 Å². The molecule has 6 N–H and O–H groups in total. The van der Waals surface area contributed by atoms with E-state index < -0.39 is 19.3 Å². The molecule has 0 aromatic rings. The van der Waals surface area contributed by atoms with Crippen molar-refractivity contribution in [1.29, 1.82) is 0 Å². The molecule has 0 aliphatic heterocycles. The van der Waals surface area contributed by atoms with Gasteiger partial charge in [0.1, 0.15) is 0 Å². The van der Waals surface area contributed by atoms with E-state index in [2.05, 4.69) is 13.8 Å². The molecule has 0 fully saturated rings. The Kier molecular flexibility index (Phi) is 10.2. The SMILES string of the molecule is CC(C)CC(C)(N)CN.[OH][Pt][OH]. The molecule has 0 amide bonds. The quantitative estimate of drug-likeness (QED) is 0.551. The fourth-order valence-corrected chi connectivity index (χ4v) is 1.02. The summed E-state index contributed by atoms with van der Waals surface area (Å²) in [6, 6.07) is 0. The van der Waals surface area contributed by atoms with Crippen LogP contribution >= 0.6 is 0 Å². The molecule has 0 aromatic heterocycles. The minimum absolute atomic E-state index is 0.159. The molecule has 0 aliphatic rings. The number of nitrogens with two attached hydrogens (primary N) is 2. The van der Waals surface area contributed by atoms with Crippen LogP contribution < -0.4 is 11.5 Å². The zero-order valence-corrected chi connectivity index (χ0v) is 10.1. The summed E-state index contributed by atoms with van der Waals surface area (Å²) in [4.78, 5) is 0. The predicted octanol–water partition coefficient (Wildman–Crippen LogP) is -0.408. The van der Waals surface area contributed by atoms with Gasteiger partial charge in [0.2, 0.25) is 0 Å². The van der Waals surface area contributed by atoms with Crippen molar-refractivity contribution in [1.82, 2.24) is 0 Å². The first-order chi connectivity index (χ1) is 5.39. The van der Waals surface area contributed by atoms with Gasteiger partial charge in [-0.15, -0.1) is 0 Å². The summed E-state index contributed by atoms with van der Waals surface area (Å²) >= 11 is -1.42. The first-order valence-electron chi connectivity index (χ1n) is 3.75. The molecule has 12 heavy (non-hydrogen) atoms. The Bertz CT molecular complexity index is 99.4. The predicted molar refractivity (Wildman–Crippen MR) is 45.5 cm³/mol. The molecule has 0 aromatic carbocycles. The summed E-state index contributed by atoms with van der Waals surface area (Å²) in [7, 11) is 0. The summed E-state index contributed by atoms with van der Waals surface area (Å²) < 4.78 is 14.5. The molecule has 0 bridgehead atoms. The summed E-state index contributed by atoms with van der Waals surface area (Å²) in [6.07, 6.45) is 1.00. The zero-order valence-electron chi connectivity index (χ0n) is 7.86. The van der Waals surface area contributed by atoms with Gasteiger partial charge < -0.3 is 11.5 Å². The molecular formula is C7H20N2O2Pt. The van der Waals surface area contributed by atoms with Crippen LogP contribution in [-0.2, 0) is 19.3 Å².